The van der Waals surface area contributed by atoms with Crippen LogP contribution in [0.1, 0.15) is 12.8 Å². The molecule has 7 heteroatoms. The highest BCUT2D eigenvalue weighted by molar-refractivity contribution is 6.30. The summed E-state index contributed by atoms with van der Waals surface area (Å²) in [5, 5.41) is 3.52. The van der Waals surface area contributed by atoms with Gasteiger partial charge in [0.05, 0.1) is 12.2 Å². The Labute approximate surface area is 138 Å². The van der Waals surface area contributed by atoms with Crippen LogP contribution in [-0.2, 0) is 4.79 Å². The Morgan fingerprint density at radius 1 is 1.26 bits per heavy atom. The Hall–Kier alpha value is -2.34. The maximum atomic E-state index is 12.0. The standard InChI is InChI=1S/C16H17ClN4O2/c17-12-5-3-11(4-6-12)13-9-14(22)20-16(19-13)18-10-15(23)21-7-1-2-8-21/h3-6,9H,1-2,7-8,10H2,(H2,18,19,20,22). The van der Waals surface area contributed by atoms with Gasteiger partial charge in [0.15, 0.2) is 0 Å². The fourth-order valence-corrected chi connectivity index (χ4v) is 2.67. The third-order valence-corrected chi connectivity index (χ3v) is 4.00. The third-order valence-electron chi connectivity index (χ3n) is 3.75. The first-order valence-electron chi connectivity index (χ1n) is 7.51. The average Bonchev–Trinajstić information content (AvgIpc) is 3.07. The van der Waals surface area contributed by atoms with Crippen LogP contribution in [0.4, 0.5) is 5.95 Å². The molecular weight excluding hydrogens is 316 g/mol. The lowest BCUT2D eigenvalue weighted by molar-refractivity contribution is -0.128. The van der Waals surface area contributed by atoms with Crippen LogP contribution >= 0.6 is 11.6 Å². The van der Waals surface area contributed by atoms with Crippen molar-refractivity contribution in [2.24, 2.45) is 0 Å². The molecule has 0 unspecified atom stereocenters. The zero-order valence-electron chi connectivity index (χ0n) is 12.5. The lowest BCUT2D eigenvalue weighted by Crippen LogP contribution is -2.33. The maximum absolute atomic E-state index is 12.0. The Bertz CT molecular complexity index is 751. The van der Waals surface area contributed by atoms with Crippen LogP contribution in [0.2, 0.25) is 5.02 Å². The molecule has 2 aromatic rings. The first kappa shape index (κ1) is 15.6. The van der Waals surface area contributed by atoms with Gasteiger partial charge >= 0.3 is 0 Å². The number of carbonyl (C=O) groups is 1. The molecule has 1 fully saturated rings. The molecule has 1 saturated heterocycles. The number of halogens is 1. The molecule has 2 heterocycles. The van der Waals surface area contributed by atoms with Crippen molar-refractivity contribution in [1.29, 1.82) is 0 Å². The van der Waals surface area contributed by atoms with Gasteiger partial charge in [0.25, 0.3) is 5.56 Å². The molecule has 0 bridgehead atoms. The fraction of sp³-hybridized carbons (Fsp3) is 0.312. The molecule has 6 nitrogen and oxygen atoms in total. The summed E-state index contributed by atoms with van der Waals surface area (Å²) in [5.74, 6) is 0.303. The number of benzene rings is 1. The molecule has 0 radical (unpaired) electrons. The molecule has 1 aliphatic rings. The predicted octanol–water partition coefficient (Wildman–Crippen LogP) is 2.12. The maximum Gasteiger partial charge on any atom is 0.252 e. The largest absolute Gasteiger partial charge is 0.347 e. The molecule has 0 spiro atoms. The Morgan fingerprint density at radius 2 is 1.96 bits per heavy atom. The monoisotopic (exact) mass is 332 g/mol. The molecule has 0 atom stereocenters. The van der Waals surface area contributed by atoms with Crippen LogP contribution in [0.3, 0.4) is 0 Å². The van der Waals surface area contributed by atoms with Crippen LogP contribution in [0.5, 0.6) is 0 Å². The van der Waals surface area contributed by atoms with Crippen LogP contribution < -0.4 is 10.9 Å². The summed E-state index contributed by atoms with van der Waals surface area (Å²) in [5.41, 5.74) is 1.04. The van der Waals surface area contributed by atoms with Gasteiger partial charge in [-0.3, -0.25) is 14.6 Å². The van der Waals surface area contributed by atoms with Crippen molar-refractivity contribution in [3.05, 3.63) is 45.7 Å². The zero-order chi connectivity index (χ0) is 16.2. The van der Waals surface area contributed by atoms with Gasteiger partial charge < -0.3 is 10.2 Å². The molecular formula is C16H17ClN4O2. The molecule has 0 saturated carbocycles. The minimum absolute atomic E-state index is 0.0158. The van der Waals surface area contributed by atoms with Crippen molar-refractivity contribution in [3.8, 4) is 11.3 Å². The second kappa shape index (κ2) is 6.83. The van der Waals surface area contributed by atoms with Crippen LogP contribution in [0, 0.1) is 0 Å². The van der Waals surface area contributed by atoms with E-state index in [9.17, 15) is 9.59 Å². The van der Waals surface area contributed by atoms with E-state index in [2.05, 4.69) is 15.3 Å². The predicted molar refractivity (Wildman–Crippen MR) is 89.6 cm³/mol. The molecule has 120 valence electrons. The zero-order valence-corrected chi connectivity index (χ0v) is 13.3. The topological polar surface area (TPSA) is 78.1 Å². The lowest BCUT2D eigenvalue weighted by Gasteiger charge is -2.15. The average molecular weight is 333 g/mol. The highest BCUT2D eigenvalue weighted by atomic mass is 35.5. The fourth-order valence-electron chi connectivity index (χ4n) is 2.55. The summed E-state index contributed by atoms with van der Waals surface area (Å²) < 4.78 is 0. The minimum Gasteiger partial charge on any atom is -0.347 e. The SMILES string of the molecule is O=C(CNc1nc(-c2ccc(Cl)cc2)cc(=O)[nH]1)N1CCCC1. The summed E-state index contributed by atoms with van der Waals surface area (Å²) in [7, 11) is 0. The van der Waals surface area contributed by atoms with E-state index < -0.39 is 0 Å². The first-order valence-corrected chi connectivity index (χ1v) is 7.88. The Morgan fingerprint density at radius 3 is 2.65 bits per heavy atom. The van der Waals surface area contributed by atoms with Gasteiger partial charge in [-0.1, -0.05) is 23.7 Å². The molecule has 3 rings (SSSR count). The normalized spacial score (nSPS) is 14.0. The molecule has 2 N–H and O–H groups in total. The number of nitrogens with zero attached hydrogens (tertiary/aromatic N) is 2. The van der Waals surface area contributed by atoms with Gasteiger partial charge in [0.1, 0.15) is 0 Å². The molecule has 0 aliphatic carbocycles. The van der Waals surface area contributed by atoms with E-state index in [1.54, 1.807) is 24.3 Å². The second-order valence-corrected chi connectivity index (χ2v) is 5.86. The lowest BCUT2D eigenvalue weighted by atomic mass is 10.1. The number of carbonyl (C=O) groups excluding carboxylic acids is 1. The number of rotatable bonds is 4. The highest BCUT2D eigenvalue weighted by Crippen LogP contribution is 2.19. The molecule has 1 aromatic heterocycles. The third kappa shape index (κ3) is 3.90. The summed E-state index contributed by atoms with van der Waals surface area (Å²) >= 11 is 5.87. The van der Waals surface area contributed by atoms with Crippen molar-refractivity contribution >= 4 is 23.5 Å². The summed E-state index contributed by atoms with van der Waals surface area (Å²) in [6.45, 7) is 1.72. The summed E-state index contributed by atoms with van der Waals surface area (Å²) in [4.78, 5) is 32.6. The molecule has 1 aliphatic heterocycles. The number of hydrogen-bond donors (Lipinski definition) is 2. The van der Waals surface area contributed by atoms with Gasteiger partial charge in [0.2, 0.25) is 11.9 Å². The number of anilines is 1. The number of amides is 1. The van der Waals surface area contributed by atoms with Crippen molar-refractivity contribution in [1.82, 2.24) is 14.9 Å². The number of likely N-dealkylation sites (tertiary alicyclic amines) is 1. The Kier molecular flexibility index (Phi) is 4.62. The van der Waals surface area contributed by atoms with Gasteiger partial charge in [0, 0.05) is 29.7 Å². The van der Waals surface area contributed by atoms with Crippen molar-refractivity contribution in [2.45, 2.75) is 12.8 Å². The van der Waals surface area contributed by atoms with Crippen LogP contribution in [0.25, 0.3) is 11.3 Å². The second-order valence-electron chi connectivity index (χ2n) is 5.43. The van der Waals surface area contributed by atoms with E-state index in [1.807, 2.05) is 4.90 Å². The highest BCUT2D eigenvalue weighted by Gasteiger charge is 2.17. The summed E-state index contributed by atoms with van der Waals surface area (Å²) in [6, 6.07) is 8.48. The smallest absolute Gasteiger partial charge is 0.252 e. The Balaban J connectivity index is 1.73. The van der Waals surface area contributed by atoms with E-state index in [0.29, 0.717) is 10.7 Å². The van der Waals surface area contributed by atoms with Gasteiger partial charge in [-0.05, 0) is 25.0 Å². The first-order chi connectivity index (χ1) is 11.1. The van der Waals surface area contributed by atoms with Crippen molar-refractivity contribution in [3.63, 3.8) is 0 Å². The molecule has 23 heavy (non-hydrogen) atoms. The summed E-state index contributed by atoms with van der Waals surface area (Å²) in [6.07, 6.45) is 2.10. The van der Waals surface area contributed by atoms with Crippen molar-refractivity contribution in [2.75, 3.05) is 25.0 Å². The number of H-pyrrole nitrogens is 1. The van der Waals surface area contributed by atoms with Gasteiger partial charge in [-0.2, -0.15) is 0 Å². The van der Waals surface area contributed by atoms with E-state index in [4.69, 9.17) is 11.6 Å². The minimum atomic E-state index is -0.277. The van der Waals surface area contributed by atoms with Gasteiger partial charge in [-0.25, -0.2) is 4.98 Å². The van der Waals surface area contributed by atoms with E-state index in [0.717, 1.165) is 31.5 Å². The van der Waals surface area contributed by atoms with Crippen LogP contribution in [0.15, 0.2) is 35.1 Å². The number of hydrogen-bond acceptors (Lipinski definition) is 4. The number of aromatic nitrogens is 2. The quantitative estimate of drug-likeness (QED) is 0.899. The molecule has 1 aromatic carbocycles. The van der Waals surface area contributed by atoms with E-state index in [-0.39, 0.29) is 24.0 Å². The van der Waals surface area contributed by atoms with E-state index >= 15 is 0 Å². The van der Waals surface area contributed by atoms with Crippen molar-refractivity contribution < 1.29 is 4.79 Å². The van der Waals surface area contributed by atoms with E-state index in [1.165, 1.54) is 6.07 Å². The number of nitrogens with one attached hydrogen (secondary N) is 2. The van der Waals surface area contributed by atoms with Crippen LogP contribution in [-0.4, -0.2) is 40.4 Å². The number of aromatic amines is 1. The molecule has 1 amide bonds. The van der Waals surface area contributed by atoms with Gasteiger partial charge in [-0.15, -0.1) is 0 Å².